The second kappa shape index (κ2) is 7.59. The molecule has 0 unspecified atom stereocenters. The Morgan fingerprint density at radius 3 is 2.52 bits per heavy atom. The number of carbonyl (C=O) groups excluding carboxylic acids is 2. The molecule has 1 saturated heterocycles. The molecular formula is C21H30N2O2. The van der Waals surface area contributed by atoms with Gasteiger partial charge in [-0.05, 0) is 31.2 Å². The van der Waals surface area contributed by atoms with Gasteiger partial charge in [-0.2, -0.15) is 0 Å². The number of rotatable bonds is 5. The summed E-state index contributed by atoms with van der Waals surface area (Å²) >= 11 is 0. The van der Waals surface area contributed by atoms with Crippen LogP contribution in [0.25, 0.3) is 0 Å². The zero-order chi connectivity index (χ0) is 17.9. The van der Waals surface area contributed by atoms with E-state index in [1.807, 2.05) is 24.8 Å². The molecule has 4 nitrogen and oxygen atoms in total. The number of piperidine rings is 1. The van der Waals surface area contributed by atoms with Gasteiger partial charge in [0.1, 0.15) is 0 Å². The molecule has 1 heterocycles. The van der Waals surface area contributed by atoms with Crippen LogP contribution in [0, 0.1) is 11.8 Å². The predicted octanol–water partition coefficient (Wildman–Crippen LogP) is 3.12. The minimum absolute atomic E-state index is 0.00172. The summed E-state index contributed by atoms with van der Waals surface area (Å²) in [6, 6.07) is 10.5. The lowest BCUT2D eigenvalue weighted by molar-refractivity contribution is -0.138. The van der Waals surface area contributed by atoms with Crippen LogP contribution in [0.1, 0.15) is 51.5 Å². The zero-order valence-corrected chi connectivity index (χ0v) is 15.5. The lowest BCUT2D eigenvalue weighted by Crippen LogP contribution is -2.50. The van der Waals surface area contributed by atoms with E-state index in [2.05, 4.69) is 29.6 Å². The van der Waals surface area contributed by atoms with E-state index < -0.39 is 0 Å². The fourth-order valence-electron chi connectivity index (χ4n) is 4.12. The number of benzene rings is 1. The average molecular weight is 342 g/mol. The van der Waals surface area contributed by atoms with Crippen molar-refractivity contribution in [2.45, 2.75) is 51.4 Å². The Labute approximate surface area is 151 Å². The highest BCUT2D eigenvalue weighted by molar-refractivity contribution is 5.82. The first-order chi connectivity index (χ1) is 12.0. The van der Waals surface area contributed by atoms with Gasteiger partial charge in [-0.25, -0.2) is 0 Å². The van der Waals surface area contributed by atoms with Crippen LogP contribution in [-0.2, 0) is 15.0 Å². The zero-order valence-electron chi connectivity index (χ0n) is 15.5. The van der Waals surface area contributed by atoms with Gasteiger partial charge in [0.15, 0.2) is 0 Å². The number of likely N-dealkylation sites (tertiary alicyclic amines) is 1. The smallest absolute Gasteiger partial charge is 0.225 e. The molecule has 1 aromatic carbocycles. The predicted molar refractivity (Wildman–Crippen MR) is 99.1 cm³/mol. The Kier molecular flexibility index (Phi) is 5.45. The van der Waals surface area contributed by atoms with Crippen LogP contribution < -0.4 is 5.32 Å². The molecule has 1 aliphatic carbocycles. The molecule has 1 aliphatic heterocycles. The highest BCUT2D eigenvalue weighted by Crippen LogP contribution is 2.43. The van der Waals surface area contributed by atoms with Crippen LogP contribution in [0.15, 0.2) is 30.3 Å². The van der Waals surface area contributed by atoms with Crippen molar-refractivity contribution in [1.29, 1.82) is 0 Å². The highest BCUT2D eigenvalue weighted by Gasteiger charge is 2.39. The number of amides is 2. The number of hydrogen-bond acceptors (Lipinski definition) is 2. The first-order valence-corrected chi connectivity index (χ1v) is 9.64. The maximum absolute atomic E-state index is 12.7. The van der Waals surface area contributed by atoms with Gasteiger partial charge in [0, 0.05) is 31.0 Å². The van der Waals surface area contributed by atoms with E-state index in [9.17, 15) is 9.59 Å². The van der Waals surface area contributed by atoms with Gasteiger partial charge in [-0.3, -0.25) is 9.59 Å². The van der Waals surface area contributed by atoms with E-state index in [4.69, 9.17) is 0 Å². The number of nitrogens with one attached hydrogen (secondary N) is 1. The first-order valence-electron chi connectivity index (χ1n) is 9.64. The number of carbonyl (C=O) groups is 2. The summed E-state index contributed by atoms with van der Waals surface area (Å²) in [7, 11) is 0. The van der Waals surface area contributed by atoms with Crippen molar-refractivity contribution >= 4 is 11.8 Å². The standard InChI is InChI=1S/C21H30N2O2/c1-16(2)20(25)23-13-6-8-17(14-23)19(24)22-15-21(11-7-12-21)18-9-4-3-5-10-18/h3-5,9-10,16-17H,6-8,11-15H2,1-2H3,(H,22,24)/t17-/m0/s1. The van der Waals surface area contributed by atoms with Crippen LogP contribution in [0.2, 0.25) is 0 Å². The summed E-state index contributed by atoms with van der Waals surface area (Å²) in [4.78, 5) is 26.8. The molecule has 136 valence electrons. The van der Waals surface area contributed by atoms with E-state index in [0.29, 0.717) is 13.1 Å². The van der Waals surface area contributed by atoms with E-state index in [1.165, 1.54) is 12.0 Å². The van der Waals surface area contributed by atoms with Crippen molar-refractivity contribution in [3.63, 3.8) is 0 Å². The molecule has 1 aromatic rings. The fraction of sp³-hybridized carbons (Fsp3) is 0.619. The van der Waals surface area contributed by atoms with Gasteiger partial charge in [-0.1, -0.05) is 50.6 Å². The second-order valence-corrected chi connectivity index (χ2v) is 8.00. The molecule has 0 spiro atoms. The molecule has 25 heavy (non-hydrogen) atoms. The van der Waals surface area contributed by atoms with Crippen molar-refractivity contribution in [3.8, 4) is 0 Å². The molecule has 0 bridgehead atoms. The van der Waals surface area contributed by atoms with Crippen molar-refractivity contribution < 1.29 is 9.59 Å². The van der Waals surface area contributed by atoms with Gasteiger partial charge in [-0.15, -0.1) is 0 Å². The Hall–Kier alpha value is -1.84. The Balaban J connectivity index is 1.58. The largest absolute Gasteiger partial charge is 0.355 e. The molecule has 1 atom stereocenters. The van der Waals surface area contributed by atoms with Crippen molar-refractivity contribution in [1.82, 2.24) is 10.2 Å². The van der Waals surface area contributed by atoms with Crippen LogP contribution in [0.3, 0.4) is 0 Å². The summed E-state index contributed by atoms with van der Waals surface area (Å²) in [5.74, 6) is 0.211. The van der Waals surface area contributed by atoms with E-state index in [0.717, 1.165) is 32.2 Å². The van der Waals surface area contributed by atoms with Crippen LogP contribution >= 0.6 is 0 Å². The van der Waals surface area contributed by atoms with Crippen molar-refractivity contribution in [3.05, 3.63) is 35.9 Å². The van der Waals surface area contributed by atoms with Gasteiger partial charge in [0.25, 0.3) is 0 Å². The molecule has 0 aromatic heterocycles. The van der Waals surface area contributed by atoms with Crippen LogP contribution in [0.4, 0.5) is 0 Å². The molecule has 0 radical (unpaired) electrons. The topological polar surface area (TPSA) is 49.4 Å². The summed E-state index contributed by atoms with van der Waals surface area (Å²) in [5, 5.41) is 3.21. The highest BCUT2D eigenvalue weighted by atomic mass is 16.2. The quantitative estimate of drug-likeness (QED) is 0.894. The summed E-state index contributed by atoms with van der Waals surface area (Å²) < 4.78 is 0. The molecule has 2 aliphatic rings. The maximum atomic E-state index is 12.7. The maximum Gasteiger partial charge on any atom is 0.225 e. The number of nitrogens with zero attached hydrogens (tertiary/aromatic N) is 1. The van der Waals surface area contributed by atoms with Crippen molar-refractivity contribution in [2.24, 2.45) is 11.8 Å². The molecule has 2 amide bonds. The molecule has 2 fully saturated rings. The number of hydrogen-bond donors (Lipinski definition) is 1. The third-order valence-corrected chi connectivity index (χ3v) is 5.90. The Morgan fingerprint density at radius 2 is 1.92 bits per heavy atom. The van der Waals surface area contributed by atoms with Gasteiger partial charge in [0.2, 0.25) is 11.8 Å². The Morgan fingerprint density at radius 1 is 1.20 bits per heavy atom. The van der Waals surface area contributed by atoms with Gasteiger partial charge in [0.05, 0.1) is 5.92 Å². The fourth-order valence-corrected chi connectivity index (χ4v) is 4.12. The van der Waals surface area contributed by atoms with Crippen molar-refractivity contribution in [2.75, 3.05) is 19.6 Å². The molecule has 3 rings (SSSR count). The first kappa shape index (κ1) is 18.0. The third-order valence-electron chi connectivity index (χ3n) is 5.90. The monoisotopic (exact) mass is 342 g/mol. The lowest BCUT2D eigenvalue weighted by atomic mass is 9.64. The molecule has 1 saturated carbocycles. The van der Waals surface area contributed by atoms with E-state index >= 15 is 0 Å². The van der Waals surface area contributed by atoms with Gasteiger partial charge >= 0.3 is 0 Å². The SMILES string of the molecule is CC(C)C(=O)N1CCC[C@H](C(=O)NCC2(c3ccccc3)CCC2)C1. The Bertz CT molecular complexity index is 608. The average Bonchev–Trinajstić information content (AvgIpc) is 2.61. The third kappa shape index (κ3) is 3.88. The van der Waals surface area contributed by atoms with E-state index in [-0.39, 0.29) is 29.1 Å². The molecule has 4 heteroatoms. The minimum atomic E-state index is -0.0654. The van der Waals surface area contributed by atoms with Crippen LogP contribution in [0.5, 0.6) is 0 Å². The van der Waals surface area contributed by atoms with Gasteiger partial charge < -0.3 is 10.2 Å². The van der Waals surface area contributed by atoms with Crippen LogP contribution in [-0.4, -0.2) is 36.3 Å². The summed E-state index contributed by atoms with van der Waals surface area (Å²) in [5.41, 5.74) is 1.45. The molecule has 1 N–H and O–H groups in total. The summed E-state index contributed by atoms with van der Waals surface area (Å²) in [6.07, 6.45) is 5.30. The lowest BCUT2D eigenvalue weighted by Gasteiger charge is -2.43. The second-order valence-electron chi connectivity index (χ2n) is 8.00. The summed E-state index contributed by atoms with van der Waals surface area (Å²) in [6.45, 7) is 5.92. The van der Waals surface area contributed by atoms with E-state index in [1.54, 1.807) is 0 Å². The molecular weight excluding hydrogens is 312 g/mol. The normalized spacial score (nSPS) is 22.4. The minimum Gasteiger partial charge on any atom is -0.355 e.